The highest BCUT2D eigenvalue weighted by Crippen LogP contribution is 2.26. The van der Waals surface area contributed by atoms with Crippen LogP contribution in [0.1, 0.15) is 25.0 Å². The molecule has 2 rings (SSSR count). The van der Waals surface area contributed by atoms with Crippen molar-refractivity contribution in [2.75, 3.05) is 26.0 Å². The second kappa shape index (κ2) is 13.7. The van der Waals surface area contributed by atoms with E-state index < -0.39 is 6.61 Å². The summed E-state index contributed by atoms with van der Waals surface area (Å²) < 4.78 is 34.2. The molecule has 0 aliphatic heterocycles. The van der Waals surface area contributed by atoms with Gasteiger partial charge in [-0.3, -0.25) is 4.79 Å². The van der Waals surface area contributed by atoms with E-state index in [1.54, 1.807) is 25.3 Å². The Labute approximate surface area is 204 Å². The van der Waals surface area contributed by atoms with Crippen LogP contribution in [0.4, 0.5) is 14.5 Å². The maximum atomic E-state index is 12.3. The lowest BCUT2D eigenvalue weighted by atomic mass is 10.2. The number of ether oxygens (including phenoxy) is 2. The molecule has 0 aliphatic rings. The summed E-state index contributed by atoms with van der Waals surface area (Å²) >= 11 is 0. The van der Waals surface area contributed by atoms with E-state index in [4.69, 9.17) is 4.74 Å². The number of anilines is 1. The predicted molar refractivity (Wildman–Crippen MR) is 132 cm³/mol. The third-order valence-corrected chi connectivity index (χ3v) is 4.25. The maximum absolute atomic E-state index is 12.3. The van der Waals surface area contributed by atoms with Gasteiger partial charge in [0, 0.05) is 27.1 Å². The van der Waals surface area contributed by atoms with Gasteiger partial charge in [0.25, 0.3) is 0 Å². The van der Waals surface area contributed by atoms with Crippen LogP contribution in [-0.4, -0.2) is 44.1 Å². The Morgan fingerprint density at radius 2 is 1.81 bits per heavy atom. The molecule has 7 nitrogen and oxygen atoms in total. The molecular formula is C22H29F2IN4O3. The number of amides is 1. The van der Waals surface area contributed by atoms with Crippen molar-refractivity contribution in [2.24, 2.45) is 4.99 Å². The molecule has 0 heterocycles. The number of methoxy groups -OCH3 is 1. The molecular weight excluding hydrogens is 533 g/mol. The van der Waals surface area contributed by atoms with Gasteiger partial charge in [0.15, 0.2) is 5.96 Å². The average Bonchev–Trinajstić information content (AvgIpc) is 2.71. The monoisotopic (exact) mass is 562 g/mol. The van der Waals surface area contributed by atoms with E-state index in [1.165, 1.54) is 19.1 Å². The summed E-state index contributed by atoms with van der Waals surface area (Å²) in [6, 6.07) is 12.0. The highest BCUT2D eigenvalue weighted by molar-refractivity contribution is 14.0. The fourth-order valence-corrected chi connectivity index (χ4v) is 2.90. The van der Waals surface area contributed by atoms with Crippen molar-refractivity contribution in [3.8, 4) is 11.5 Å². The van der Waals surface area contributed by atoms with E-state index in [2.05, 4.69) is 20.4 Å². The molecule has 2 aromatic carbocycles. The summed E-state index contributed by atoms with van der Waals surface area (Å²) in [5.41, 5.74) is 2.42. The zero-order valence-corrected chi connectivity index (χ0v) is 20.9. The first kappa shape index (κ1) is 27.4. The van der Waals surface area contributed by atoms with Gasteiger partial charge >= 0.3 is 6.61 Å². The Kier molecular flexibility index (Phi) is 11.7. The van der Waals surface area contributed by atoms with Crippen molar-refractivity contribution in [2.45, 2.75) is 33.5 Å². The topological polar surface area (TPSA) is 75.2 Å². The highest BCUT2D eigenvalue weighted by Gasteiger charge is 2.10. The minimum atomic E-state index is -2.84. The third-order valence-electron chi connectivity index (χ3n) is 4.25. The third kappa shape index (κ3) is 8.85. The van der Waals surface area contributed by atoms with Crippen LogP contribution < -0.4 is 20.1 Å². The van der Waals surface area contributed by atoms with Crippen LogP contribution in [0.3, 0.4) is 0 Å². The van der Waals surface area contributed by atoms with E-state index >= 15 is 0 Å². The number of hydrogen-bond donors (Lipinski definition) is 2. The van der Waals surface area contributed by atoms with Crippen LogP contribution >= 0.6 is 24.0 Å². The summed E-state index contributed by atoms with van der Waals surface area (Å²) in [6.07, 6.45) is 0. The number of halogens is 3. The molecule has 0 radical (unpaired) electrons. The van der Waals surface area contributed by atoms with E-state index in [-0.39, 0.29) is 35.6 Å². The van der Waals surface area contributed by atoms with E-state index in [9.17, 15) is 13.6 Å². The van der Waals surface area contributed by atoms with Gasteiger partial charge in [-0.15, -0.1) is 24.0 Å². The molecule has 0 spiro atoms. The van der Waals surface area contributed by atoms with Crippen LogP contribution in [0.25, 0.3) is 0 Å². The largest absolute Gasteiger partial charge is 0.495 e. The van der Waals surface area contributed by atoms with E-state index in [0.717, 1.165) is 11.1 Å². The van der Waals surface area contributed by atoms with Crippen molar-refractivity contribution in [1.82, 2.24) is 10.2 Å². The lowest BCUT2D eigenvalue weighted by molar-refractivity contribution is -0.114. The second-order valence-corrected chi connectivity index (χ2v) is 6.76. The van der Waals surface area contributed by atoms with E-state index in [0.29, 0.717) is 37.0 Å². The number of aliphatic imine (C=N–C) groups is 1. The Morgan fingerprint density at radius 1 is 1.16 bits per heavy atom. The number of benzene rings is 2. The molecule has 0 saturated heterocycles. The number of nitrogens with one attached hydrogen (secondary N) is 2. The molecule has 0 saturated carbocycles. The Balaban J connectivity index is 0.00000512. The number of alkyl halides is 2. The summed E-state index contributed by atoms with van der Waals surface area (Å²) in [5.74, 6) is 1.20. The smallest absolute Gasteiger partial charge is 0.387 e. The first-order chi connectivity index (χ1) is 14.8. The van der Waals surface area contributed by atoms with Gasteiger partial charge in [-0.2, -0.15) is 8.78 Å². The molecule has 2 aromatic rings. The molecule has 1 amide bonds. The van der Waals surface area contributed by atoms with Crippen molar-refractivity contribution in [3.63, 3.8) is 0 Å². The molecule has 0 fully saturated rings. The number of hydrogen-bond acceptors (Lipinski definition) is 4. The number of carbonyl (C=O) groups excluding carboxylic acids is 1. The predicted octanol–water partition coefficient (Wildman–Crippen LogP) is 4.47. The summed E-state index contributed by atoms with van der Waals surface area (Å²) in [4.78, 5) is 18.0. The first-order valence-corrected chi connectivity index (χ1v) is 9.80. The van der Waals surface area contributed by atoms with Gasteiger partial charge < -0.3 is 25.0 Å². The average molecular weight is 562 g/mol. The van der Waals surface area contributed by atoms with E-state index in [1.807, 2.05) is 31.0 Å². The number of guanidine groups is 1. The molecule has 0 bridgehead atoms. The summed E-state index contributed by atoms with van der Waals surface area (Å²) in [7, 11) is 3.44. The van der Waals surface area contributed by atoms with Crippen LogP contribution in [0, 0.1) is 0 Å². The lowest BCUT2D eigenvalue weighted by Gasteiger charge is -2.22. The molecule has 32 heavy (non-hydrogen) atoms. The lowest BCUT2D eigenvalue weighted by Crippen LogP contribution is -2.38. The Bertz CT molecular complexity index is 895. The Morgan fingerprint density at radius 3 is 2.38 bits per heavy atom. The van der Waals surface area contributed by atoms with Gasteiger partial charge in [0.2, 0.25) is 5.91 Å². The van der Waals surface area contributed by atoms with Crippen LogP contribution in [0.15, 0.2) is 47.5 Å². The first-order valence-electron chi connectivity index (χ1n) is 9.80. The SMILES string of the molecule is CCNC(=NCc1ccc(OC)c(NC(C)=O)c1)N(C)Cc1ccc(OC(F)F)cc1.I. The van der Waals surface area contributed by atoms with Crippen molar-refractivity contribution in [3.05, 3.63) is 53.6 Å². The molecule has 2 N–H and O–H groups in total. The van der Waals surface area contributed by atoms with Crippen LogP contribution in [-0.2, 0) is 17.9 Å². The molecule has 0 aromatic heterocycles. The van der Waals surface area contributed by atoms with Crippen molar-refractivity contribution < 1.29 is 23.0 Å². The van der Waals surface area contributed by atoms with Gasteiger partial charge in [-0.1, -0.05) is 18.2 Å². The number of nitrogens with zero attached hydrogens (tertiary/aromatic N) is 2. The highest BCUT2D eigenvalue weighted by atomic mass is 127. The number of rotatable bonds is 9. The van der Waals surface area contributed by atoms with Gasteiger partial charge in [0.05, 0.1) is 19.3 Å². The second-order valence-electron chi connectivity index (χ2n) is 6.76. The van der Waals surface area contributed by atoms with Gasteiger partial charge in [-0.05, 0) is 42.3 Å². The summed E-state index contributed by atoms with van der Waals surface area (Å²) in [6.45, 7) is 2.18. The minimum absolute atomic E-state index is 0. The van der Waals surface area contributed by atoms with Crippen LogP contribution in [0.5, 0.6) is 11.5 Å². The minimum Gasteiger partial charge on any atom is -0.495 e. The van der Waals surface area contributed by atoms with Gasteiger partial charge in [0.1, 0.15) is 11.5 Å². The molecule has 0 unspecified atom stereocenters. The standard InChI is InChI=1S/C22H28F2N4O3.HI/c1-5-25-22(28(3)14-16-6-9-18(10-7-16)31-21(23)24)26-13-17-8-11-20(30-4)19(12-17)27-15(2)29;/h6-12,21H,5,13-14H2,1-4H3,(H,25,26)(H,27,29);1H. The summed E-state index contributed by atoms with van der Waals surface area (Å²) in [5, 5.41) is 5.99. The van der Waals surface area contributed by atoms with Crippen LogP contribution in [0.2, 0.25) is 0 Å². The fourth-order valence-electron chi connectivity index (χ4n) is 2.90. The Hall–Kier alpha value is -2.63. The quantitative estimate of drug-likeness (QED) is 0.268. The number of carbonyl (C=O) groups is 1. The van der Waals surface area contributed by atoms with Gasteiger partial charge in [-0.25, -0.2) is 4.99 Å². The maximum Gasteiger partial charge on any atom is 0.387 e. The molecule has 0 atom stereocenters. The molecule has 0 aliphatic carbocycles. The van der Waals surface area contributed by atoms with Crippen molar-refractivity contribution >= 4 is 41.5 Å². The fraction of sp³-hybridized carbons (Fsp3) is 0.364. The molecule has 176 valence electrons. The zero-order chi connectivity index (χ0) is 22.8. The zero-order valence-electron chi connectivity index (χ0n) is 18.5. The molecule has 10 heteroatoms. The van der Waals surface area contributed by atoms with Crippen molar-refractivity contribution in [1.29, 1.82) is 0 Å². The normalized spacial score (nSPS) is 10.9.